The summed E-state index contributed by atoms with van der Waals surface area (Å²) < 4.78 is 0. The van der Waals surface area contributed by atoms with E-state index in [1.807, 2.05) is 41.3 Å². The molecule has 3 aromatic rings. The Morgan fingerprint density at radius 1 is 0.875 bits per heavy atom. The molecule has 2 heterocycles. The molecule has 6 heteroatoms. The van der Waals surface area contributed by atoms with Crippen molar-refractivity contribution in [1.29, 1.82) is 0 Å². The Hall–Kier alpha value is -3.51. The Kier molecular flexibility index (Phi) is 7.96. The van der Waals surface area contributed by atoms with Crippen LogP contribution in [0.4, 0.5) is 5.69 Å². The van der Waals surface area contributed by atoms with Crippen LogP contribution in [0, 0.1) is 6.92 Å². The second-order valence-electron chi connectivity index (χ2n) is 11.2. The van der Waals surface area contributed by atoms with E-state index in [1.54, 1.807) is 11.8 Å². The number of rotatable bonds is 5. The maximum absolute atomic E-state index is 13.7. The monoisotopic (exact) mass is 551 g/mol. The lowest BCUT2D eigenvalue weighted by molar-refractivity contribution is -0.130. The van der Waals surface area contributed by atoms with Gasteiger partial charge in [0.2, 0.25) is 0 Å². The molecule has 5 nitrogen and oxygen atoms in total. The minimum absolute atomic E-state index is 0.0735. The number of hydrogen-bond donors (Lipinski definition) is 0. The third kappa shape index (κ3) is 5.83. The van der Waals surface area contributed by atoms with Crippen LogP contribution in [0.3, 0.4) is 0 Å². The van der Waals surface area contributed by atoms with E-state index in [9.17, 15) is 9.59 Å². The van der Waals surface area contributed by atoms with E-state index >= 15 is 0 Å². The predicted molar refractivity (Wildman–Crippen MR) is 164 cm³/mol. The number of carbonyl (C=O) groups excluding carboxylic acids is 2. The minimum Gasteiger partial charge on any atom is -0.368 e. The van der Waals surface area contributed by atoms with Crippen LogP contribution < -0.4 is 4.90 Å². The molecule has 2 saturated heterocycles. The topological polar surface area (TPSA) is 43.9 Å². The molecule has 3 aliphatic rings. The highest BCUT2D eigenvalue weighted by atomic mass is 32.2. The molecule has 0 N–H and O–H groups in total. The lowest BCUT2D eigenvalue weighted by atomic mass is 9.92. The van der Waals surface area contributed by atoms with Crippen LogP contribution in [0.15, 0.2) is 83.8 Å². The van der Waals surface area contributed by atoms with E-state index in [0.717, 1.165) is 36.4 Å². The Morgan fingerprint density at radius 2 is 1.57 bits per heavy atom. The Morgan fingerprint density at radius 3 is 2.30 bits per heavy atom. The third-order valence-electron chi connectivity index (χ3n) is 8.44. The fourth-order valence-electron chi connectivity index (χ4n) is 6.11. The molecule has 0 radical (unpaired) electrons. The zero-order chi connectivity index (χ0) is 27.5. The lowest BCUT2D eigenvalue weighted by Crippen LogP contribution is -2.50. The number of nitrogens with zero attached hydrogens (tertiary/aromatic N) is 3. The molecule has 1 aliphatic carbocycles. The van der Waals surface area contributed by atoms with E-state index in [2.05, 4.69) is 65.3 Å². The molecular weight excluding hydrogens is 514 g/mol. The maximum atomic E-state index is 13.7. The van der Waals surface area contributed by atoms with Crippen molar-refractivity contribution in [3.05, 3.63) is 106 Å². The molecule has 0 aromatic heterocycles. The molecule has 40 heavy (non-hydrogen) atoms. The van der Waals surface area contributed by atoms with Crippen LogP contribution in [0.2, 0.25) is 0 Å². The van der Waals surface area contributed by atoms with Crippen molar-refractivity contribution in [2.75, 3.05) is 31.1 Å². The summed E-state index contributed by atoms with van der Waals surface area (Å²) in [6.07, 6.45) is 6.67. The third-order valence-corrected chi connectivity index (χ3v) is 9.83. The molecule has 3 aromatic carbocycles. The van der Waals surface area contributed by atoms with E-state index in [1.165, 1.54) is 29.7 Å². The summed E-state index contributed by atoms with van der Waals surface area (Å²) in [5, 5.41) is 0.443. The Balaban J connectivity index is 1.14. The van der Waals surface area contributed by atoms with Gasteiger partial charge in [0.05, 0.1) is 4.91 Å². The molecule has 6 rings (SSSR count). The predicted octanol–water partition coefficient (Wildman–Crippen LogP) is 6.39. The van der Waals surface area contributed by atoms with Crippen molar-refractivity contribution in [2.24, 2.45) is 0 Å². The van der Waals surface area contributed by atoms with Crippen molar-refractivity contribution in [3.63, 3.8) is 0 Å². The molecule has 3 fully saturated rings. The van der Waals surface area contributed by atoms with Gasteiger partial charge in [-0.05, 0) is 61.2 Å². The highest BCUT2D eigenvalue weighted by Crippen LogP contribution is 2.42. The van der Waals surface area contributed by atoms with Gasteiger partial charge in [-0.25, -0.2) is 0 Å². The van der Waals surface area contributed by atoms with Gasteiger partial charge >= 0.3 is 0 Å². The smallest absolute Gasteiger partial charge is 0.260 e. The first-order chi connectivity index (χ1) is 19.5. The first kappa shape index (κ1) is 26.7. The van der Waals surface area contributed by atoms with Crippen LogP contribution in [-0.2, 0) is 11.3 Å². The molecule has 2 amide bonds. The van der Waals surface area contributed by atoms with Crippen LogP contribution in [0.1, 0.15) is 52.7 Å². The van der Waals surface area contributed by atoms with Crippen molar-refractivity contribution >= 4 is 35.3 Å². The molecule has 2 aliphatic heterocycles. The number of benzene rings is 3. The van der Waals surface area contributed by atoms with Crippen molar-refractivity contribution in [1.82, 2.24) is 9.80 Å². The summed E-state index contributed by atoms with van der Waals surface area (Å²) in [6, 6.07) is 27.0. The number of aryl methyl sites for hydroxylation is 1. The molecular formula is C34H37N3O2S. The summed E-state index contributed by atoms with van der Waals surface area (Å²) in [7, 11) is 0. The average Bonchev–Trinajstić information content (AvgIpc) is 3.01. The van der Waals surface area contributed by atoms with E-state index in [-0.39, 0.29) is 11.8 Å². The standard InChI is InChI=1S/C34H37N3O2S/c1-25-11-13-27(14-12-25)24-37-30-9-5-6-10-31(30)40-32(34(37)39)23-26-15-17-28(18-16-26)33(38)36-21-19-35(20-22-36)29-7-3-2-4-8-29/h2-4,7-8,11-18,23,30-31H,5-6,9-10,19-22,24H2,1H3/b32-23+. The van der Waals surface area contributed by atoms with Gasteiger partial charge in [-0.2, -0.15) is 0 Å². The Labute approximate surface area is 241 Å². The zero-order valence-corrected chi connectivity index (χ0v) is 24.0. The van der Waals surface area contributed by atoms with Gasteiger partial charge in [-0.15, -0.1) is 11.8 Å². The summed E-state index contributed by atoms with van der Waals surface area (Å²) in [5.41, 5.74) is 5.29. The molecule has 0 spiro atoms. The molecule has 0 bridgehead atoms. The van der Waals surface area contributed by atoms with Crippen LogP contribution in [-0.4, -0.2) is 59.1 Å². The maximum Gasteiger partial charge on any atom is 0.260 e. The largest absolute Gasteiger partial charge is 0.368 e. The van der Waals surface area contributed by atoms with Gasteiger partial charge in [0.25, 0.3) is 11.8 Å². The number of carbonyl (C=O) groups is 2. The van der Waals surface area contributed by atoms with Crippen molar-refractivity contribution in [2.45, 2.75) is 50.4 Å². The number of para-hydroxylation sites is 1. The first-order valence-electron chi connectivity index (χ1n) is 14.5. The minimum atomic E-state index is 0.0735. The quantitative estimate of drug-likeness (QED) is 0.345. The van der Waals surface area contributed by atoms with Gasteiger partial charge in [-0.3, -0.25) is 9.59 Å². The molecule has 2 atom stereocenters. The van der Waals surface area contributed by atoms with Crippen molar-refractivity contribution in [3.8, 4) is 0 Å². The summed E-state index contributed by atoms with van der Waals surface area (Å²) >= 11 is 1.76. The van der Waals surface area contributed by atoms with E-state index in [0.29, 0.717) is 36.5 Å². The zero-order valence-electron chi connectivity index (χ0n) is 23.2. The number of thioether (sulfide) groups is 1. The van der Waals surface area contributed by atoms with Crippen LogP contribution in [0.25, 0.3) is 6.08 Å². The molecule has 1 saturated carbocycles. The number of anilines is 1. The second-order valence-corrected chi connectivity index (χ2v) is 12.5. The van der Waals surface area contributed by atoms with E-state index in [4.69, 9.17) is 0 Å². The number of hydrogen-bond acceptors (Lipinski definition) is 4. The summed E-state index contributed by atoms with van der Waals surface area (Å²) in [5.74, 6) is 0.203. The average molecular weight is 552 g/mol. The van der Waals surface area contributed by atoms with E-state index < -0.39 is 0 Å². The highest BCUT2D eigenvalue weighted by molar-refractivity contribution is 8.04. The fraction of sp³-hybridized carbons (Fsp3) is 0.353. The van der Waals surface area contributed by atoms with Gasteiger partial charge < -0.3 is 14.7 Å². The van der Waals surface area contributed by atoms with Gasteiger partial charge in [0.1, 0.15) is 0 Å². The number of amides is 2. The second kappa shape index (κ2) is 11.9. The van der Waals surface area contributed by atoms with Gasteiger partial charge in [0, 0.05) is 55.3 Å². The van der Waals surface area contributed by atoms with Gasteiger partial charge in [0.15, 0.2) is 0 Å². The Bertz CT molecular complexity index is 1360. The number of piperazine rings is 1. The normalized spacial score (nSPS) is 22.4. The van der Waals surface area contributed by atoms with Crippen molar-refractivity contribution < 1.29 is 9.59 Å². The SMILES string of the molecule is Cc1ccc(CN2C(=O)/C(=C\c3ccc(C(=O)N4CCN(c5ccccc5)CC4)cc3)SC3CCCCC32)cc1. The summed E-state index contributed by atoms with van der Waals surface area (Å²) in [6.45, 7) is 5.84. The lowest BCUT2D eigenvalue weighted by Gasteiger charge is -2.44. The molecule has 2 unspecified atom stereocenters. The highest BCUT2D eigenvalue weighted by Gasteiger charge is 2.40. The van der Waals surface area contributed by atoms with Gasteiger partial charge in [-0.1, -0.05) is 73.0 Å². The molecule has 206 valence electrons. The first-order valence-corrected chi connectivity index (χ1v) is 15.4. The van der Waals surface area contributed by atoms with Crippen LogP contribution in [0.5, 0.6) is 0 Å². The fourth-order valence-corrected chi connectivity index (χ4v) is 7.59. The summed E-state index contributed by atoms with van der Waals surface area (Å²) in [4.78, 5) is 34.2. The number of fused-ring (bicyclic) bond motifs is 1. The van der Waals surface area contributed by atoms with Crippen LogP contribution >= 0.6 is 11.8 Å².